The van der Waals surface area contributed by atoms with Gasteiger partial charge in [0.1, 0.15) is 12.4 Å². The van der Waals surface area contributed by atoms with Gasteiger partial charge in [0, 0.05) is 18.0 Å². The minimum Gasteiger partial charge on any atom is -0.491 e. The van der Waals surface area contributed by atoms with Gasteiger partial charge in [0.05, 0.1) is 39.6 Å². The molecule has 0 saturated heterocycles. The van der Waals surface area contributed by atoms with Crippen molar-refractivity contribution in [1.29, 1.82) is 0 Å². The maximum atomic E-state index is 5.67. The van der Waals surface area contributed by atoms with Crippen molar-refractivity contribution in [3.63, 3.8) is 0 Å². The molecular weight excluding hydrogens is 354 g/mol. The average Bonchev–Trinajstić information content (AvgIpc) is 2.73. The van der Waals surface area contributed by atoms with Crippen LogP contribution >= 0.6 is 0 Å². The van der Waals surface area contributed by atoms with Gasteiger partial charge in [-0.1, -0.05) is 32.6 Å². The first-order chi connectivity index (χ1) is 13.8. The monoisotopic (exact) mass is 391 g/mol. The maximum Gasteiger partial charge on any atom is 0.119 e. The second kappa shape index (κ2) is 17.5. The summed E-state index contributed by atoms with van der Waals surface area (Å²) in [7, 11) is 0. The summed E-state index contributed by atoms with van der Waals surface area (Å²) in [5.41, 5.74) is 1.02. The van der Waals surface area contributed by atoms with Gasteiger partial charge in [-0.3, -0.25) is 0 Å². The summed E-state index contributed by atoms with van der Waals surface area (Å²) in [6.45, 7) is 12.5. The summed E-state index contributed by atoms with van der Waals surface area (Å²) in [4.78, 5) is 0. The third-order valence-electron chi connectivity index (χ3n) is 4.02. The SMILES string of the molecule is CCCNCCOCCOCCOCCOc1ccc(C#CC(C)CC)cc1. The highest BCUT2D eigenvalue weighted by molar-refractivity contribution is 5.38. The molecule has 0 aromatic heterocycles. The van der Waals surface area contributed by atoms with Gasteiger partial charge in [-0.05, 0) is 43.7 Å². The number of benzene rings is 1. The molecule has 0 fully saturated rings. The largest absolute Gasteiger partial charge is 0.491 e. The number of hydrogen-bond donors (Lipinski definition) is 1. The first kappa shape index (κ1) is 24.5. The zero-order chi connectivity index (χ0) is 20.3. The van der Waals surface area contributed by atoms with Crippen LogP contribution in [0.3, 0.4) is 0 Å². The van der Waals surface area contributed by atoms with E-state index in [-0.39, 0.29) is 0 Å². The predicted octanol–water partition coefficient (Wildman–Crippen LogP) is 3.51. The van der Waals surface area contributed by atoms with Crippen molar-refractivity contribution in [2.45, 2.75) is 33.6 Å². The lowest BCUT2D eigenvalue weighted by molar-refractivity contribution is 0.00987. The quantitative estimate of drug-likeness (QED) is 0.345. The van der Waals surface area contributed by atoms with Gasteiger partial charge in [0.15, 0.2) is 0 Å². The third kappa shape index (κ3) is 13.6. The van der Waals surface area contributed by atoms with Crippen molar-refractivity contribution >= 4 is 0 Å². The van der Waals surface area contributed by atoms with Gasteiger partial charge in [0.25, 0.3) is 0 Å². The van der Waals surface area contributed by atoms with Gasteiger partial charge < -0.3 is 24.3 Å². The Morgan fingerprint density at radius 3 is 2.04 bits per heavy atom. The third-order valence-corrected chi connectivity index (χ3v) is 4.02. The van der Waals surface area contributed by atoms with Gasteiger partial charge in [-0.25, -0.2) is 0 Å². The fourth-order valence-electron chi connectivity index (χ4n) is 2.15. The average molecular weight is 392 g/mol. The summed E-state index contributed by atoms with van der Waals surface area (Å²) < 4.78 is 22.1. The Morgan fingerprint density at radius 1 is 0.821 bits per heavy atom. The number of hydrogen-bond acceptors (Lipinski definition) is 5. The summed E-state index contributed by atoms with van der Waals surface area (Å²) in [6.07, 6.45) is 2.22. The van der Waals surface area contributed by atoms with E-state index in [0.29, 0.717) is 45.6 Å². The van der Waals surface area contributed by atoms with Crippen LogP contribution in [0.2, 0.25) is 0 Å². The standard InChI is InChI=1S/C23H37NO4/c1-4-12-24-13-14-25-15-16-26-17-18-27-19-20-28-23-10-8-22(9-11-23)7-6-21(3)5-2/h8-11,21,24H,4-5,12-20H2,1-3H3. The fourth-order valence-corrected chi connectivity index (χ4v) is 2.15. The molecule has 1 aromatic carbocycles. The molecule has 1 aromatic rings. The van der Waals surface area contributed by atoms with Gasteiger partial charge in [-0.2, -0.15) is 0 Å². The van der Waals surface area contributed by atoms with Crippen LogP contribution in [-0.4, -0.2) is 59.3 Å². The van der Waals surface area contributed by atoms with Crippen LogP contribution in [0.5, 0.6) is 5.75 Å². The smallest absolute Gasteiger partial charge is 0.119 e. The zero-order valence-electron chi connectivity index (χ0n) is 17.8. The molecule has 1 N–H and O–H groups in total. The summed E-state index contributed by atoms with van der Waals surface area (Å²) in [6, 6.07) is 7.87. The topological polar surface area (TPSA) is 49.0 Å². The Labute approximate surface area is 171 Å². The normalized spacial score (nSPS) is 11.7. The minimum atomic E-state index is 0.428. The van der Waals surface area contributed by atoms with E-state index in [4.69, 9.17) is 18.9 Å². The molecule has 0 bridgehead atoms. The van der Waals surface area contributed by atoms with E-state index in [1.165, 1.54) is 0 Å². The number of rotatable bonds is 16. The molecule has 5 nitrogen and oxygen atoms in total. The van der Waals surface area contributed by atoms with E-state index in [2.05, 4.69) is 37.9 Å². The molecule has 0 saturated carbocycles. The molecule has 0 spiro atoms. The summed E-state index contributed by atoms with van der Waals surface area (Å²) in [5.74, 6) is 7.68. The van der Waals surface area contributed by atoms with Crippen LogP contribution in [-0.2, 0) is 14.2 Å². The van der Waals surface area contributed by atoms with Crippen LogP contribution in [0.1, 0.15) is 39.2 Å². The molecule has 5 heteroatoms. The molecule has 0 radical (unpaired) electrons. The minimum absolute atomic E-state index is 0.428. The molecular formula is C23H37NO4. The van der Waals surface area contributed by atoms with Crippen LogP contribution in [0, 0.1) is 17.8 Å². The van der Waals surface area contributed by atoms with Gasteiger partial charge in [-0.15, -0.1) is 0 Å². The Kier molecular flexibility index (Phi) is 15.3. The molecule has 0 aliphatic carbocycles. The first-order valence-electron chi connectivity index (χ1n) is 10.4. The molecule has 0 amide bonds. The lowest BCUT2D eigenvalue weighted by Crippen LogP contribution is -2.21. The molecule has 28 heavy (non-hydrogen) atoms. The molecule has 0 aliphatic heterocycles. The highest BCUT2D eigenvalue weighted by atomic mass is 16.6. The van der Waals surface area contributed by atoms with E-state index in [1.807, 2.05) is 24.3 Å². The molecule has 0 heterocycles. The Hall–Kier alpha value is -1.58. The summed E-state index contributed by atoms with van der Waals surface area (Å²) in [5, 5.41) is 3.29. The molecule has 0 aliphatic rings. The van der Waals surface area contributed by atoms with E-state index >= 15 is 0 Å². The highest BCUT2D eigenvalue weighted by Crippen LogP contribution is 2.11. The molecule has 1 atom stereocenters. The first-order valence-corrected chi connectivity index (χ1v) is 10.4. The molecule has 1 rings (SSSR count). The van der Waals surface area contributed by atoms with Crippen LogP contribution in [0.4, 0.5) is 0 Å². The van der Waals surface area contributed by atoms with Gasteiger partial charge >= 0.3 is 0 Å². The Balaban J connectivity index is 1.94. The van der Waals surface area contributed by atoms with Crippen molar-refractivity contribution in [3.8, 4) is 17.6 Å². The second-order valence-corrected chi connectivity index (χ2v) is 6.54. The predicted molar refractivity (Wildman–Crippen MR) is 114 cm³/mol. The highest BCUT2D eigenvalue weighted by Gasteiger charge is 1.96. The number of nitrogens with one attached hydrogen (secondary N) is 1. The molecule has 158 valence electrons. The van der Waals surface area contributed by atoms with Crippen LogP contribution < -0.4 is 10.1 Å². The van der Waals surface area contributed by atoms with Crippen molar-refractivity contribution in [2.75, 3.05) is 59.3 Å². The van der Waals surface area contributed by atoms with Crippen molar-refractivity contribution < 1.29 is 18.9 Å². The number of ether oxygens (including phenoxy) is 4. The van der Waals surface area contributed by atoms with Crippen molar-refractivity contribution in [2.24, 2.45) is 5.92 Å². The van der Waals surface area contributed by atoms with E-state index in [9.17, 15) is 0 Å². The van der Waals surface area contributed by atoms with Crippen molar-refractivity contribution in [3.05, 3.63) is 29.8 Å². The van der Waals surface area contributed by atoms with E-state index in [1.54, 1.807) is 0 Å². The van der Waals surface area contributed by atoms with Crippen molar-refractivity contribution in [1.82, 2.24) is 5.32 Å². The Morgan fingerprint density at radius 2 is 1.43 bits per heavy atom. The fraction of sp³-hybridized carbons (Fsp3) is 0.652. The second-order valence-electron chi connectivity index (χ2n) is 6.54. The van der Waals surface area contributed by atoms with E-state index in [0.717, 1.165) is 43.9 Å². The van der Waals surface area contributed by atoms with Crippen LogP contribution in [0.25, 0.3) is 0 Å². The summed E-state index contributed by atoms with van der Waals surface area (Å²) >= 11 is 0. The lowest BCUT2D eigenvalue weighted by atomic mass is 10.1. The molecule has 1 unspecified atom stereocenters. The van der Waals surface area contributed by atoms with Gasteiger partial charge in [0.2, 0.25) is 0 Å². The Bertz CT molecular complexity index is 536. The lowest BCUT2D eigenvalue weighted by Gasteiger charge is -2.08. The zero-order valence-corrected chi connectivity index (χ0v) is 17.8. The van der Waals surface area contributed by atoms with E-state index < -0.39 is 0 Å². The maximum absolute atomic E-state index is 5.67. The van der Waals surface area contributed by atoms with Crippen LogP contribution in [0.15, 0.2) is 24.3 Å².